The number of carbonyl (C=O) groups is 1. The summed E-state index contributed by atoms with van der Waals surface area (Å²) < 4.78 is 0. The van der Waals surface area contributed by atoms with Crippen LogP contribution in [0.1, 0.15) is 21.5 Å². The average Bonchev–Trinajstić information content (AvgIpc) is 2.86. The molecule has 0 atom stereocenters. The van der Waals surface area contributed by atoms with Gasteiger partial charge in [-0.1, -0.05) is 18.2 Å². The molecule has 0 saturated carbocycles. The van der Waals surface area contributed by atoms with Crippen LogP contribution in [0.4, 0.5) is 17.3 Å². The SMILES string of the molecule is Cc1ccc(NC(=O)c2ccc(CCN(C)C)cc2)cc1Nc1nccc(-c2cccnc2)n1. The summed E-state index contributed by atoms with van der Waals surface area (Å²) in [6.07, 6.45) is 6.15. The number of anilines is 3. The van der Waals surface area contributed by atoms with E-state index in [1.807, 2.05) is 67.6 Å². The van der Waals surface area contributed by atoms with E-state index >= 15 is 0 Å². The third-order valence-electron chi connectivity index (χ3n) is 5.42. The zero-order valence-corrected chi connectivity index (χ0v) is 19.6. The van der Waals surface area contributed by atoms with Gasteiger partial charge in [-0.05, 0) is 81.0 Å². The van der Waals surface area contributed by atoms with Gasteiger partial charge in [-0.25, -0.2) is 9.97 Å². The summed E-state index contributed by atoms with van der Waals surface area (Å²) in [6.45, 7) is 2.96. The largest absolute Gasteiger partial charge is 0.324 e. The Morgan fingerprint density at radius 1 is 1.00 bits per heavy atom. The van der Waals surface area contributed by atoms with Crippen molar-refractivity contribution in [3.63, 3.8) is 0 Å². The number of pyridine rings is 1. The maximum atomic E-state index is 12.8. The first kappa shape index (κ1) is 23.1. The second-order valence-electron chi connectivity index (χ2n) is 8.37. The minimum absolute atomic E-state index is 0.149. The number of likely N-dealkylation sites (N-methyl/N-ethyl adjacent to an activating group) is 1. The lowest BCUT2D eigenvalue weighted by Crippen LogP contribution is -2.15. The molecule has 0 saturated heterocycles. The van der Waals surface area contributed by atoms with Gasteiger partial charge < -0.3 is 15.5 Å². The Balaban J connectivity index is 1.46. The van der Waals surface area contributed by atoms with Crippen molar-refractivity contribution >= 4 is 23.2 Å². The van der Waals surface area contributed by atoms with E-state index in [2.05, 4.69) is 44.6 Å². The number of aromatic nitrogens is 3. The number of benzene rings is 2. The highest BCUT2D eigenvalue weighted by Gasteiger charge is 2.09. The van der Waals surface area contributed by atoms with Gasteiger partial charge in [0.15, 0.2) is 0 Å². The molecule has 2 heterocycles. The van der Waals surface area contributed by atoms with Crippen molar-refractivity contribution < 1.29 is 4.79 Å². The molecule has 2 N–H and O–H groups in total. The van der Waals surface area contributed by atoms with Crippen molar-refractivity contribution in [1.82, 2.24) is 19.9 Å². The van der Waals surface area contributed by atoms with E-state index in [1.165, 1.54) is 5.56 Å². The molecule has 2 aromatic carbocycles. The van der Waals surface area contributed by atoms with Gasteiger partial charge in [-0.15, -0.1) is 0 Å². The Labute approximate surface area is 199 Å². The zero-order chi connectivity index (χ0) is 23.9. The average molecular weight is 453 g/mol. The van der Waals surface area contributed by atoms with E-state index in [1.54, 1.807) is 18.6 Å². The molecule has 0 radical (unpaired) electrons. The fourth-order valence-corrected chi connectivity index (χ4v) is 3.43. The summed E-state index contributed by atoms with van der Waals surface area (Å²) in [7, 11) is 4.10. The fraction of sp³-hybridized carbons (Fsp3) is 0.185. The summed E-state index contributed by atoms with van der Waals surface area (Å²) in [5, 5.41) is 6.25. The van der Waals surface area contributed by atoms with Crippen LogP contribution >= 0.6 is 0 Å². The van der Waals surface area contributed by atoms with Crippen molar-refractivity contribution in [1.29, 1.82) is 0 Å². The van der Waals surface area contributed by atoms with Crippen LogP contribution < -0.4 is 10.6 Å². The first-order chi connectivity index (χ1) is 16.5. The topological polar surface area (TPSA) is 83.0 Å². The lowest BCUT2D eigenvalue weighted by Gasteiger charge is -2.12. The molecule has 0 spiro atoms. The van der Waals surface area contributed by atoms with Crippen molar-refractivity contribution in [2.24, 2.45) is 0 Å². The van der Waals surface area contributed by atoms with Gasteiger partial charge in [0.25, 0.3) is 5.91 Å². The van der Waals surface area contributed by atoms with E-state index < -0.39 is 0 Å². The van der Waals surface area contributed by atoms with Gasteiger partial charge in [0.2, 0.25) is 5.95 Å². The van der Waals surface area contributed by atoms with Gasteiger partial charge in [0.05, 0.1) is 5.69 Å². The number of rotatable bonds is 8. The summed E-state index contributed by atoms with van der Waals surface area (Å²) in [5.74, 6) is 0.324. The molecular formula is C27H28N6O. The molecule has 172 valence electrons. The van der Waals surface area contributed by atoms with Crippen LogP contribution in [0.5, 0.6) is 0 Å². The Morgan fingerprint density at radius 3 is 2.56 bits per heavy atom. The molecule has 2 aromatic heterocycles. The molecule has 4 aromatic rings. The molecule has 0 aliphatic rings. The molecule has 0 bridgehead atoms. The molecule has 0 fully saturated rings. The monoisotopic (exact) mass is 452 g/mol. The molecule has 0 aliphatic carbocycles. The lowest BCUT2D eigenvalue weighted by atomic mass is 10.1. The second kappa shape index (κ2) is 10.7. The van der Waals surface area contributed by atoms with Gasteiger partial charge in [-0.3, -0.25) is 9.78 Å². The molecule has 0 aliphatic heterocycles. The number of hydrogen-bond acceptors (Lipinski definition) is 6. The van der Waals surface area contributed by atoms with Gasteiger partial charge in [0.1, 0.15) is 0 Å². The van der Waals surface area contributed by atoms with E-state index in [-0.39, 0.29) is 5.91 Å². The van der Waals surface area contributed by atoms with E-state index in [0.29, 0.717) is 17.2 Å². The van der Waals surface area contributed by atoms with Crippen molar-refractivity contribution in [2.45, 2.75) is 13.3 Å². The molecule has 4 rings (SSSR count). The molecule has 34 heavy (non-hydrogen) atoms. The van der Waals surface area contributed by atoms with Crippen LogP contribution in [0.25, 0.3) is 11.3 Å². The molecule has 7 heteroatoms. The number of nitrogens with one attached hydrogen (secondary N) is 2. The fourth-order valence-electron chi connectivity index (χ4n) is 3.43. The Morgan fingerprint density at radius 2 is 1.82 bits per heavy atom. The third-order valence-corrected chi connectivity index (χ3v) is 5.42. The van der Waals surface area contributed by atoms with Crippen LogP contribution in [0.3, 0.4) is 0 Å². The van der Waals surface area contributed by atoms with E-state index in [9.17, 15) is 4.79 Å². The molecular weight excluding hydrogens is 424 g/mol. The number of hydrogen-bond donors (Lipinski definition) is 2. The van der Waals surface area contributed by atoms with Gasteiger partial charge >= 0.3 is 0 Å². The standard InChI is InChI=1S/C27H28N6O/c1-19-6-11-23(30-26(34)21-9-7-20(8-10-21)13-16-33(2)3)17-25(19)32-27-29-15-12-24(31-27)22-5-4-14-28-18-22/h4-12,14-15,17-18H,13,16H2,1-3H3,(H,30,34)(H,29,31,32). The molecule has 7 nitrogen and oxygen atoms in total. The summed E-state index contributed by atoms with van der Waals surface area (Å²) in [4.78, 5) is 28.0. The smallest absolute Gasteiger partial charge is 0.255 e. The van der Waals surface area contributed by atoms with Crippen LogP contribution in [0, 0.1) is 6.92 Å². The highest BCUT2D eigenvalue weighted by Crippen LogP contribution is 2.24. The summed E-state index contributed by atoms with van der Waals surface area (Å²) in [5.41, 5.74) is 6.05. The molecule has 0 unspecified atom stereocenters. The highest BCUT2D eigenvalue weighted by atomic mass is 16.1. The zero-order valence-electron chi connectivity index (χ0n) is 19.6. The summed E-state index contributed by atoms with van der Waals surface area (Å²) in [6, 6.07) is 19.1. The van der Waals surface area contributed by atoms with E-state index in [0.717, 1.165) is 35.5 Å². The van der Waals surface area contributed by atoms with Crippen molar-refractivity contribution in [3.8, 4) is 11.3 Å². The highest BCUT2D eigenvalue weighted by molar-refractivity contribution is 6.04. The minimum Gasteiger partial charge on any atom is -0.324 e. The number of amides is 1. The van der Waals surface area contributed by atoms with Crippen molar-refractivity contribution in [2.75, 3.05) is 31.3 Å². The Hall–Kier alpha value is -4.10. The van der Waals surface area contributed by atoms with Crippen LogP contribution in [0.2, 0.25) is 0 Å². The number of carbonyl (C=O) groups excluding carboxylic acids is 1. The predicted molar refractivity (Wildman–Crippen MR) is 136 cm³/mol. The third kappa shape index (κ3) is 6.02. The quantitative estimate of drug-likeness (QED) is 0.394. The molecule has 1 amide bonds. The first-order valence-electron chi connectivity index (χ1n) is 11.1. The lowest BCUT2D eigenvalue weighted by molar-refractivity contribution is 0.102. The number of nitrogens with zero attached hydrogens (tertiary/aromatic N) is 4. The van der Waals surface area contributed by atoms with Gasteiger partial charge in [0, 0.05) is 47.6 Å². The number of aryl methyl sites for hydroxylation is 1. The van der Waals surface area contributed by atoms with Crippen LogP contribution in [0.15, 0.2) is 79.3 Å². The Kier molecular flexibility index (Phi) is 7.25. The maximum Gasteiger partial charge on any atom is 0.255 e. The second-order valence-corrected chi connectivity index (χ2v) is 8.37. The van der Waals surface area contributed by atoms with Crippen LogP contribution in [-0.2, 0) is 6.42 Å². The summed E-state index contributed by atoms with van der Waals surface area (Å²) >= 11 is 0. The minimum atomic E-state index is -0.149. The maximum absolute atomic E-state index is 12.8. The normalized spacial score (nSPS) is 10.8. The van der Waals surface area contributed by atoms with Gasteiger partial charge in [-0.2, -0.15) is 0 Å². The van der Waals surface area contributed by atoms with Crippen LogP contribution in [-0.4, -0.2) is 46.4 Å². The first-order valence-corrected chi connectivity index (χ1v) is 11.1. The Bertz CT molecular complexity index is 1260. The van der Waals surface area contributed by atoms with E-state index in [4.69, 9.17) is 0 Å². The predicted octanol–water partition coefficient (Wildman–Crippen LogP) is 4.95. The van der Waals surface area contributed by atoms with Crippen molar-refractivity contribution in [3.05, 3.63) is 95.9 Å².